The van der Waals surface area contributed by atoms with Crippen molar-refractivity contribution in [1.29, 1.82) is 0 Å². The Labute approximate surface area is 50.5 Å². The van der Waals surface area contributed by atoms with E-state index in [0.29, 0.717) is 0 Å². The van der Waals surface area contributed by atoms with E-state index in [9.17, 15) is 0 Å². The zero-order valence-corrected chi connectivity index (χ0v) is 5.19. The number of rotatable bonds is 0. The first-order valence-electron chi connectivity index (χ1n) is 3.67. The summed E-state index contributed by atoms with van der Waals surface area (Å²) >= 11 is 0. The molecule has 1 aliphatic heterocycles. The quantitative estimate of drug-likeness (QED) is 0.492. The minimum atomic E-state index is 1.07. The summed E-state index contributed by atoms with van der Waals surface area (Å²) < 4.78 is 0. The molecule has 0 bridgehead atoms. The molecule has 1 saturated carbocycles. The summed E-state index contributed by atoms with van der Waals surface area (Å²) in [7, 11) is 0. The summed E-state index contributed by atoms with van der Waals surface area (Å²) in [5.74, 6) is 2.19. The first-order valence-corrected chi connectivity index (χ1v) is 3.67. The molecule has 0 spiro atoms. The lowest BCUT2D eigenvalue weighted by Crippen LogP contribution is -2.42. The minimum absolute atomic E-state index is 1.07. The predicted molar refractivity (Wildman–Crippen MR) is 33.7 cm³/mol. The van der Waals surface area contributed by atoms with E-state index in [1.54, 1.807) is 0 Å². The zero-order valence-electron chi connectivity index (χ0n) is 5.19. The van der Waals surface area contributed by atoms with Gasteiger partial charge in [0, 0.05) is 0 Å². The third-order valence-corrected chi connectivity index (χ3v) is 2.67. The fourth-order valence-electron chi connectivity index (χ4n) is 1.86. The van der Waals surface area contributed by atoms with Crippen molar-refractivity contribution in [2.45, 2.75) is 19.3 Å². The van der Waals surface area contributed by atoms with Gasteiger partial charge < -0.3 is 5.32 Å². The lowest BCUT2D eigenvalue weighted by Gasteiger charge is -2.40. The standard InChI is InChI=1S/C7H13N/c1-2-7-5-8-4-3-6(1)7/h6-8H,1-5H2. The smallest absolute Gasteiger partial charge is 0.00179 e. The van der Waals surface area contributed by atoms with Crippen LogP contribution < -0.4 is 5.32 Å². The lowest BCUT2D eigenvalue weighted by atomic mass is 9.70. The monoisotopic (exact) mass is 111 g/mol. The Morgan fingerprint density at radius 3 is 2.25 bits per heavy atom. The van der Waals surface area contributed by atoms with Crippen LogP contribution in [0.1, 0.15) is 19.3 Å². The molecule has 1 aliphatic carbocycles. The third-order valence-electron chi connectivity index (χ3n) is 2.67. The first-order chi connectivity index (χ1) is 3.97. The van der Waals surface area contributed by atoms with Gasteiger partial charge in [0.25, 0.3) is 0 Å². The number of piperidine rings is 1. The van der Waals surface area contributed by atoms with Crippen LogP contribution in [0.3, 0.4) is 0 Å². The maximum atomic E-state index is 3.42. The van der Waals surface area contributed by atoms with E-state index in [1.807, 2.05) is 0 Å². The zero-order chi connectivity index (χ0) is 5.40. The van der Waals surface area contributed by atoms with Crippen LogP contribution in [0.5, 0.6) is 0 Å². The highest BCUT2D eigenvalue weighted by Crippen LogP contribution is 2.37. The molecule has 0 amide bonds. The van der Waals surface area contributed by atoms with Crippen molar-refractivity contribution in [2.24, 2.45) is 11.8 Å². The van der Waals surface area contributed by atoms with Crippen LogP contribution in [0.2, 0.25) is 0 Å². The summed E-state index contributed by atoms with van der Waals surface area (Å²) in [6.45, 7) is 2.59. The van der Waals surface area contributed by atoms with E-state index in [2.05, 4.69) is 5.32 Å². The van der Waals surface area contributed by atoms with Crippen molar-refractivity contribution in [3.63, 3.8) is 0 Å². The van der Waals surface area contributed by atoms with E-state index >= 15 is 0 Å². The SMILES string of the molecule is C1CC2CCC2CN1. The fraction of sp³-hybridized carbons (Fsp3) is 1.00. The Bertz CT molecular complexity index is 78.4. The van der Waals surface area contributed by atoms with Crippen molar-refractivity contribution in [2.75, 3.05) is 13.1 Å². The van der Waals surface area contributed by atoms with Crippen molar-refractivity contribution in [3.05, 3.63) is 0 Å². The molecule has 2 rings (SSSR count). The molecule has 1 nitrogen and oxygen atoms in total. The van der Waals surface area contributed by atoms with E-state index in [0.717, 1.165) is 11.8 Å². The van der Waals surface area contributed by atoms with E-state index in [1.165, 1.54) is 32.4 Å². The number of hydrogen-bond acceptors (Lipinski definition) is 1. The predicted octanol–water partition coefficient (Wildman–Crippen LogP) is 1.01. The van der Waals surface area contributed by atoms with Gasteiger partial charge in [-0.3, -0.25) is 0 Å². The van der Waals surface area contributed by atoms with Gasteiger partial charge in [-0.1, -0.05) is 0 Å². The summed E-state index contributed by atoms with van der Waals surface area (Å²) in [6, 6.07) is 0. The molecule has 46 valence electrons. The molecule has 2 unspecified atom stereocenters. The molecule has 1 saturated heterocycles. The number of nitrogens with one attached hydrogen (secondary N) is 1. The number of fused-ring (bicyclic) bond motifs is 1. The summed E-state index contributed by atoms with van der Waals surface area (Å²) in [5, 5.41) is 3.42. The Morgan fingerprint density at radius 2 is 1.88 bits per heavy atom. The molecule has 0 radical (unpaired) electrons. The summed E-state index contributed by atoms with van der Waals surface area (Å²) in [4.78, 5) is 0. The van der Waals surface area contributed by atoms with Crippen LogP contribution in [0.4, 0.5) is 0 Å². The highest BCUT2D eigenvalue weighted by molar-refractivity contribution is 4.85. The molecular formula is C7H13N. The molecule has 2 fully saturated rings. The third kappa shape index (κ3) is 0.576. The van der Waals surface area contributed by atoms with E-state index in [4.69, 9.17) is 0 Å². The van der Waals surface area contributed by atoms with Crippen LogP contribution in [-0.2, 0) is 0 Å². The average Bonchev–Trinajstić information content (AvgIpc) is 1.72. The van der Waals surface area contributed by atoms with Gasteiger partial charge in [-0.2, -0.15) is 0 Å². The molecule has 8 heavy (non-hydrogen) atoms. The molecule has 2 atom stereocenters. The number of hydrogen-bond donors (Lipinski definition) is 1. The van der Waals surface area contributed by atoms with Crippen LogP contribution >= 0.6 is 0 Å². The average molecular weight is 111 g/mol. The maximum absolute atomic E-state index is 3.42. The molecule has 2 aliphatic rings. The van der Waals surface area contributed by atoms with Gasteiger partial charge in [-0.25, -0.2) is 0 Å². The minimum Gasteiger partial charge on any atom is -0.316 e. The first kappa shape index (κ1) is 4.80. The Kier molecular flexibility index (Phi) is 1.04. The van der Waals surface area contributed by atoms with Crippen molar-refractivity contribution in [3.8, 4) is 0 Å². The van der Waals surface area contributed by atoms with Crippen molar-refractivity contribution < 1.29 is 0 Å². The van der Waals surface area contributed by atoms with Crippen LogP contribution in [-0.4, -0.2) is 13.1 Å². The van der Waals surface area contributed by atoms with Gasteiger partial charge in [0.1, 0.15) is 0 Å². The summed E-state index contributed by atoms with van der Waals surface area (Å²) in [6.07, 6.45) is 4.47. The van der Waals surface area contributed by atoms with E-state index < -0.39 is 0 Å². The highest BCUT2D eigenvalue weighted by atomic mass is 14.9. The fourth-order valence-corrected chi connectivity index (χ4v) is 1.86. The normalized spacial score (nSPS) is 45.0. The molecule has 1 heterocycles. The van der Waals surface area contributed by atoms with E-state index in [-0.39, 0.29) is 0 Å². The Hall–Kier alpha value is -0.0400. The van der Waals surface area contributed by atoms with Gasteiger partial charge in [-0.15, -0.1) is 0 Å². The maximum Gasteiger partial charge on any atom is -0.00179 e. The second kappa shape index (κ2) is 1.73. The topological polar surface area (TPSA) is 12.0 Å². The second-order valence-electron chi connectivity index (χ2n) is 3.09. The Morgan fingerprint density at radius 1 is 1.00 bits per heavy atom. The van der Waals surface area contributed by atoms with Gasteiger partial charge in [0.2, 0.25) is 0 Å². The van der Waals surface area contributed by atoms with Crippen molar-refractivity contribution >= 4 is 0 Å². The van der Waals surface area contributed by atoms with Crippen molar-refractivity contribution in [1.82, 2.24) is 5.32 Å². The molecule has 1 N–H and O–H groups in total. The second-order valence-corrected chi connectivity index (χ2v) is 3.09. The molecule has 0 aromatic rings. The van der Waals surface area contributed by atoms with Gasteiger partial charge >= 0.3 is 0 Å². The van der Waals surface area contributed by atoms with Gasteiger partial charge in [-0.05, 0) is 44.2 Å². The molecule has 0 aromatic heterocycles. The van der Waals surface area contributed by atoms with Crippen LogP contribution in [0, 0.1) is 11.8 Å². The van der Waals surface area contributed by atoms with Gasteiger partial charge in [0.15, 0.2) is 0 Å². The summed E-state index contributed by atoms with van der Waals surface area (Å²) in [5.41, 5.74) is 0. The molecular weight excluding hydrogens is 98.1 g/mol. The largest absolute Gasteiger partial charge is 0.316 e. The van der Waals surface area contributed by atoms with Gasteiger partial charge in [0.05, 0.1) is 0 Å². The Balaban J connectivity index is 1.92. The lowest BCUT2D eigenvalue weighted by molar-refractivity contribution is 0.130. The molecule has 0 aromatic carbocycles. The molecule has 1 heteroatoms. The highest BCUT2D eigenvalue weighted by Gasteiger charge is 2.31. The van der Waals surface area contributed by atoms with Crippen LogP contribution in [0.15, 0.2) is 0 Å². The van der Waals surface area contributed by atoms with Crippen LogP contribution in [0.25, 0.3) is 0 Å².